The van der Waals surface area contributed by atoms with E-state index in [0.717, 1.165) is 42.6 Å². The van der Waals surface area contributed by atoms with Gasteiger partial charge in [0.15, 0.2) is 23.0 Å². The molecule has 0 saturated carbocycles. The number of carbonyl (C=O) groups is 2. The van der Waals surface area contributed by atoms with E-state index in [4.69, 9.17) is 28.4 Å². The van der Waals surface area contributed by atoms with Crippen LogP contribution in [-0.2, 0) is 22.5 Å². The second-order valence-corrected chi connectivity index (χ2v) is 10.8. The second-order valence-electron chi connectivity index (χ2n) is 10.8. The molecule has 4 aliphatic rings. The predicted molar refractivity (Wildman–Crippen MR) is 148 cm³/mol. The van der Waals surface area contributed by atoms with Gasteiger partial charge in [-0.2, -0.15) is 0 Å². The number of likely N-dealkylation sites (N-methyl/N-ethyl adjacent to an activating group) is 1. The molecule has 0 aromatic heterocycles. The number of carbonyl (C=O) groups excluding carboxylic acids is 2. The number of amides is 1. The van der Waals surface area contributed by atoms with Crippen LogP contribution in [0.25, 0.3) is 0 Å². The number of fused-ring (bicyclic) bond motifs is 3. The standard InChI is InChI=1S/C30H37N3O8/c1-32-13-10-17-19(14-31-21(34)15-33-11-6-5-7-12-33)26-29(40-16-39-26)28(38-4)22(17)24(32)25-18-8-9-20(36-2)27(37-3)23(18)30(35)41-25/h8-9,24-25H,5-7,10-16H2,1-4H3,(H,31,34)/t24-,25+/m0/s1. The minimum absolute atomic E-state index is 0.0201. The normalized spacial score (nSPS) is 21.6. The van der Waals surface area contributed by atoms with E-state index in [2.05, 4.69) is 15.1 Å². The molecule has 0 unspecified atom stereocenters. The quantitative estimate of drug-likeness (QED) is 0.479. The van der Waals surface area contributed by atoms with E-state index in [1.54, 1.807) is 13.2 Å². The van der Waals surface area contributed by atoms with Crippen LogP contribution in [0.15, 0.2) is 12.1 Å². The molecule has 2 aromatic carbocycles. The molecule has 11 heteroatoms. The molecule has 220 valence electrons. The van der Waals surface area contributed by atoms with Gasteiger partial charge in [0.05, 0.1) is 33.9 Å². The largest absolute Gasteiger partial charge is 0.493 e. The van der Waals surface area contributed by atoms with Crippen molar-refractivity contribution < 1.29 is 38.0 Å². The Hall–Kier alpha value is -3.70. The minimum Gasteiger partial charge on any atom is -0.493 e. The van der Waals surface area contributed by atoms with Crippen LogP contribution >= 0.6 is 0 Å². The third kappa shape index (κ3) is 4.70. The van der Waals surface area contributed by atoms with E-state index in [1.165, 1.54) is 20.6 Å². The average molecular weight is 568 g/mol. The van der Waals surface area contributed by atoms with Crippen molar-refractivity contribution in [1.82, 2.24) is 15.1 Å². The molecule has 2 aromatic rings. The van der Waals surface area contributed by atoms with Crippen molar-refractivity contribution in [2.45, 2.75) is 44.4 Å². The Bertz CT molecular complexity index is 1360. The lowest BCUT2D eigenvalue weighted by atomic mass is 9.83. The van der Waals surface area contributed by atoms with Gasteiger partial charge in [0.1, 0.15) is 11.7 Å². The van der Waals surface area contributed by atoms with Crippen LogP contribution in [0.5, 0.6) is 28.7 Å². The Morgan fingerprint density at radius 3 is 2.49 bits per heavy atom. The van der Waals surface area contributed by atoms with Gasteiger partial charge in [0.2, 0.25) is 18.4 Å². The topological polar surface area (TPSA) is 108 Å². The maximum absolute atomic E-state index is 13.2. The van der Waals surface area contributed by atoms with Crippen molar-refractivity contribution in [3.05, 3.63) is 39.9 Å². The number of nitrogens with zero attached hydrogens (tertiary/aromatic N) is 2. The number of benzene rings is 2. The van der Waals surface area contributed by atoms with Gasteiger partial charge in [0, 0.05) is 29.8 Å². The smallest absolute Gasteiger partial charge is 0.343 e. The lowest BCUT2D eigenvalue weighted by molar-refractivity contribution is -0.122. The molecule has 4 heterocycles. The highest BCUT2D eigenvalue weighted by Crippen LogP contribution is 2.56. The fourth-order valence-corrected chi connectivity index (χ4v) is 6.67. The summed E-state index contributed by atoms with van der Waals surface area (Å²) in [6, 6.07) is 3.26. The highest BCUT2D eigenvalue weighted by molar-refractivity contribution is 5.98. The second kappa shape index (κ2) is 11.3. The van der Waals surface area contributed by atoms with E-state index in [1.807, 2.05) is 13.1 Å². The van der Waals surface area contributed by atoms with Crippen LogP contribution in [0.4, 0.5) is 0 Å². The number of esters is 1. The first-order chi connectivity index (χ1) is 20.0. The molecule has 6 rings (SSSR count). The number of likely N-dealkylation sites (tertiary alicyclic amines) is 1. The number of nitrogens with one attached hydrogen (secondary N) is 1. The first-order valence-electron chi connectivity index (χ1n) is 14.1. The summed E-state index contributed by atoms with van der Waals surface area (Å²) in [6.07, 6.45) is 3.54. The van der Waals surface area contributed by atoms with Crippen molar-refractivity contribution in [3.63, 3.8) is 0 Å². The van der Waals surface area contributed by atoms with Crippen LogP contribution in [0, 0.1) is 0 Å². The molecule has 0 spiro atoms. The van der Waals surface area contributed by atoms with Crippen LogP contribution in [0.3, 0.4) is 0 Å². The van der Waals surface area contributed by atoms with Crippen LogP contribution in [-0.4, -0.2) is 83.0 Å². The number of hydrogen-bond donors (Lipinski definition) is 1. The first kappa shape index (κ1) is 27.5. The van der Waals surface area contributed by atoms with E-state index in [9.17, 15) is 9.59 Å². The van der Waals surface area contributed by atoms with E-state index in [0.29, 0.717) is 65.9 Å². The van der Waals surface area contributed by atoms with Crippen LogP contribution in [0.1, 0.15) is 64.0 Å². The molecule has 0 radical (unpaired) electrons. The Morgan fingerprint density at radius 1 is 1.00 bits per heavy atom. The van der Waals surface area contributed by atoms with E-state index < -0.39 is 12.1 Å². The summed E-state index contributed by atoms with van der Waals surface area (Å²) in [4.78, 5) is 30.5. The molecule has 1 fully saturated rings. The van der Waals surface area contributed by atoms with Gasteiger partial charge in [-0.25, -0.2) is 4.79 Å². The lowest BCUT2D eigenvalue weighted by Gasteiger charge is -2.39. The van der Waals surface area contributed by atoms with E-state index >= 15 is 0 Å². The highest BCUT2D eigenvalue weighted by Gasteiger charge is 2.47. The third-order valence-electron chi connectivity index (χ3n) is 8.60. The molecule has 11 nitrogen and oxygen atoms in total. The van der Waals surface area contributed by atoms with Gasteiger partial charge in [-0.1, -0.05) is 12.5 Å². The zero-order valence-corrected chi connectivity index (χ0v) is 24.0. The Morgan fingerprint density at radius 2 is 1.76 bits per heavy atom. The average Bonchev–Trinajstić information content (AvgIpc) is 3.60. The summed E-state index contributed by atoms with van der Waals surface area (Å²) >= 11 is 0. The predicted octanol–water partition coefficient (Wildman–Crippen LogP) is 2.98. The summed E-state index contributed by atoms with van der Waals surface area (Å²) in [6.45, 7) is 3.33. The van der Waals surface area contributed by atoms with Crippen molar-refractivity contribution in [2.75, 3.05) is 61.3 Å². The Kier molecular flexibility index (Phi) is 7.56. The van der Waals surface area contributed by atoms with Crippen molar-refractivity contribution in [1.29, 1.82) is 0 Å². The number of methoxy groups -OCH3 is 3. The molecule has 1 N–H and O–H groups in total. The molecule has 4 aliphatic heterocycles. The van der Waals surface area contributed by atoms with Crippen molar-refractivity contribution in [2.24, 2.45) is 0 Å². The maximum atomic E-state index is 13.2. The zero-order valence-electron chi connectivity index (χ0n) is 24.0. The van der Waals surface area contributed by atoms with Gasteiger partial charge in [-0.05, 0) is 51.0 Å². The molecule has 41 heavy (non-hydrogen) atoms. The molecule has 0 aliphatic carbocycles. The first-order valence-corrected chi connectivity index (χ1v) is 14.1. The van der Waals surface area contributed by atoms with Crippen molar-refractivity contribution in [3.8, 4) is 28.7 Å². The molecule has 2 atom stereocenters. The number of ether oxygens (including phenoxy) is 6. The number of hydrogen-bond acceptors (Lipinski definition) is 10. The number of piperidine rings is 1. The molecular weight excluding hydrogens is 530 g/mol. The third-order valence-corrected chi connectivity index (χ3v) is 8.60. The zero-order chi connectivity index (χ0) is 28.7. The van der Waals surface area contributed by atoms with Gasteiger partial charge >= 0.3 is 5.97 Å². The minimum atomic E-state index is -0.628. The Labute approximate surface area is 239 Å². The van der Waals surface area contributed by atoms with Crippen LogP contribution in [0.2, 0.25) is 0 Å². The van der Waals surface area contributed by atoms with Crippen LogP contribution < -0.4 is 29.0 Å². The molecule has 1 amide bonds. The van der Waals surface area contributed by atoms with Gasteiger partial charge in [0.25, 0.3) is 0 Å². The summed E-state index contributed by atoms with van der Waals surface area (Å²) in [5.74, 6) is 1.98. The summed E-state index contributed by atoms with van der Waals surface area (Å²) in [5.41, 5.74) is 3.83. The molecule has 0 bridgehead atoms. The Balaban J connectivity index is 1.39. The summed E-state index contributed by atoms with van der Waals surface area (Å²) in [7, 11) is 6.65. The summed E-state index contributed by atoms with van der Waals surface area (Å²) < 4.78 is 34.9. The molecular formula is C30H37N3O8. The highest BCUT2D eigenvalue weighted by atomic mass is 16.7. The summed E-state index contributed by atoms with van der Waals surface area (Å²) in [5, 5.41) is 3.12. The maximum Gasteiger partial charge on any atom is 0.343 e. The lowest BCUT2D eigenvalue weighted by Crippen LogP contribution is -2.40. The molecule has 1 saturated heterocycles. The van der Waals surface area contributed by atoms with Gasteiger partial charge in [-0.3, -0.25) is 14.6 Å². The fourth-order valence-electron chi connectivity index (χ4n) is 6.67. The van der Waals surface area contributed by atoms with Gasteiger partial charge in [-0.15, -0.1) is 0 Å². The number of cyclic esters (lactones) is 1. The SMILES string of the molecule is COc1ccc2c(c1OC)C(=O)O[C@H]2[C@@H]1c2c(c(CNC(=O)CN3CCCCC3)c3c(c2OC)OCO3)CCN1C. The monoisotopic (exact) mass is 567 g/mol. The number of rotatable bonds is 8. The van der Waals surface area contributed by atoms with Gasteiger partial charge < -0.3 is 33.7 Å². The fraction of sp³-hybridized carbons (Fsp3) is 0.533. The van der Waals surface area contributed by atoms with Crippen molar-refractivity contribution >= 4 is 11.9 Å². The van der Waals surface area contributed by atoms with E-state index in [-0.39, 0.29) is 18.7 Å².